The SMILES string of the molecule is Nc1cc(C(F)(F)F)ccc1NCC(F)(F)F. The molecule has 0 bridgehead atoms. The Balaban J connectivity index is 2.84. The highest BCUT2D eigenvalue weighted by Crippen LogP contribution is 2.33. The van der Waals surface area contributed by atoms with E-state index in [1.807, 2.05) is 5.32 Å². The maximum absolute atomic E-state index is 12.2. The summed E-state index contributed by atoms with van der Waals surface area (Å²) in [5.74, 6) is 0. The van der Waals surface area contributed by atoms with Crippen LogP contribution in [0.2, 0.25) is 0 Å². The van der Waals surface area contributed by atoms with Gasteiger partial charge in [0.15, 0.2) is 0 Å². The fraction of sp³-hybridized carbons (Fsp3) is 0.333. The molecule has 1 aromatic rings. The van der Waals surface area contributed by atoms with Gasteiger partial charge in [0.2, 0.25) is 0 Å². The van der Waals surface area contributed by atoms with Crippen molar-refractivity contribution in [1.29, 1.82) is 0 Å². The quantitative estimate of drug-likeness (QED) is 0.631. The van der Waals surface area contributed by atoms with E-state index in [2.05, 4.69) is 0 Å². The summed E-state index contributed by atoms with van der Waals surface area (Å²) in [5, 5.41) is 1.91. The number of nitrogen functional groups attached to an aromatic ring is 1. The van der Waals surface area contributed by atoms with Gasteiger partial charge in [0.05, 0.1) is 16.9 Å². The van der Waals surface area contributed by atoms with Crippen LogP contribution in [0.4, 0.5) is 37.7 Å². The van der Waals surface area contributed by atoms with Gasteiger partial charge in [-0.25, -0.2) is 0 Å². The lowest BCUT2D eigenvalue weighted by Crippen LogP contribution is -2.22. The Morgan fingerprint density at radius 3 is 2.06 bits per heavy atom. The van der Waals surface area contributed by atoms with Gasteiger partial charge < -0.3 is 11.1 Å². The van der Waals surface area contributed by atoms with Crippen molar-refractivity contribution in [3.63, 3.8) is 0 Å². The van der Waals surface area contributed by atoms with Crippen molar-refractivity contribution in [2.45, 2.75) is 12.4 Å². The molecule has 0 atom stereocenters. The Bertz CT molecular complexity index is 395. The van der Waals surface area contributed by atoms with Crippen LogP contribution in [0.3, 0.4) is 0 Å². The summed E-state index contributed by atoms with van der Waals surface area (Å²) in [5.41, 5.74) is 3.64. The highest BCUT2D eigenvalue weighted by molar-refractivity contribution is 5.67. The predicted molar refractivity (Wildman–Crippen MR) is 50.4 cm³/mol. The molecular weight excluding hydrogens is 250 g/mol. The maximum Gasteiger partial charge on any atom is 0.416 e. The lowest BCUT2D eigenvalue weighted by molar-refractivity contribution is -0.137. The normalized spacial score (nSPS) is 12.6. The molecule has 0 spiro atoms. The zero-order valence-corrected chi connectivity index (χ0v) is 8.28. The molecule has 96 valence electrons. The number of anilines is 2. The third-order valence-electron chi connectivity index (χ3n) is 1.86. The second-order valence-electron chi connectivity index (χ2n) is 3.27. The van der Waals surface area contributed by atoms with E-state index < -0.39 is 24.5 Å². The summed E-state index contributed by atoms with van der Waals surface area (Å²) >= 11 is 0. The van der Waals surface area contributed by atoms with Gasteiger partial charge in [-0.15, -0.1) is 0 Å². The zero-order valence-electron chi connectivity index (χ0n) is 8.28. The Morgan fingerprint density at radius 2 is 1.65 bits per heavy atom. The Hall–Kier alpha value is -1.60. The van der Waals surface area contributed by atoms with Crippen molar-refractivity contribution in [3.8, 4) is 0 Å². The molecule has 0 fully saturated rings. The van der Waals surface area contributed by atoms with Gasteiger partial charge in [-0.2, -0.15) is 26.3 Å². The van der Waals surface area contributed by atoms with E-state index in [0.29, 0.717) is 12.1 Å². The number of alkyl halides is 6. The first-order chi connectivity index (χ1) is 7.59. The summed E-state index contributed by atoms with van der Waals surface area (Å²) in [6.07, 6.45) is -9.04. The van der Waals surface area contributed by atoms with Gasteiger partial charge in [-0.3, -0.25) is 0 Å². The number of nitrogens with one attached hydrogen (secondary N) is 1. The predicted octanol–water partition coefficient (Wildman–Crippen LogP) is 3.26. The van der Waals surface area contributed by atoms with Crippen LogP contribution in [0.1, 0.15) is 5.56 Å². The molecule has 0 saturated heterocycles. The summed E-state index contributed by atoms with van der Waals surface area (Å²) < 4.78 is 72.2. The number of rotatable bonds is 2. The zero-order chi connectivity index (χ0) is 13.3. The van der Waals surface area contributed by atoms with E-state index in [1.165, 1.54) is 0 Å². The summed E-state index contributed by atoms with van der Waals surface area (Å²) in [6.45, 7) is -1.36. The number of hydrogen-bond acceptors (Lipinski definition) is 2. The van der Waals surface area contributed by atoms with Crippen molar-refractivity contribution in [2.75, 3.05) is 17.6 Å². The van der Waals surface area contributed by atoms with Crippen LogP contribution >= 0.6 is 0 Å². The minimum atomic E-state index is -4.57. The van der Waals surface area contributed by atoms with E-state index in [1.54, 1.807) is 0 Å². The molecule has 3 N–H and O–H groups in total. The van der Waals surface area contributed by atoms with Crippen molar-refractivity contribution >= 4 is 11.4 Å². The lowest BCUT2D eigenvalue weighted by Gasteiger charge is -2.13. The third-order valence-corrected chi connectivity index (χ3v) is 1.86. The molecule has 0 aromatic heterocycles. The number of benzene rings is 1. The van der Waals surface area contributed by atoms with E-state index in [-0.39, 0.29) is 11.4 Å². The summed E-state index contributed by atoms with van der Waals surface area (Å²) in [6, 6.07) is 2.11. The van der Waals surface area contributed by atoms with Crippen LogP contribution in [0.25, 0.3) is 0 Å². The minimum absolute atomic E-state index is 0.185. The Morgan fingerprint density at radius 1 is 1.06 bits per heavy atom. The van der Waals surface area contributed by atoms with Crippen LogP contribution in [0.15, 0.2) is 18.2 Å². The van der Waals surface area contributed by atoms with Gasteiger partial charge in [-0.1, -0.05) is 0 Å². The van der Waals surface area contributed by atoms with E-state index in [9.17, 15) is 26.3 Å². The first kappa shape index (κ1) is 13.5. The number of halogens is 6. The molecule has 0 saturated carbocycles. The van der Waals surface area contributed by atoms with Gasteiger partial charge in [0.25, 0.3) is 0 Å². The second kappa shape index (κ2) is 4.34. The molecule has 0 heterocycles. The van der Waals surface area contributed by atoms with Crippen LogP contribution in [-0.4, -0.2) is 12.7 Å². The monoisotopic (exact) mass is 258 g/mol. The summed E-state index contributed by atoms with van der Waals surface area (Å²) in [4.78, 5) is 0. The van der Waals surface area contributed by atoms with Crippen molar-refractivity contribution in [1.82, 2.24) is 0 Å². The van der Waals surface area contributed by atoms with E-state index in [0.717, 1.165) is 6.07 Å². The first-order valence-corrected chi connectivity index (χ1v) is 4.37. The summed E-state index contributed by atoms with van der Waals surface area (Å²) in [7, 11) is 0. The number of hydrogen-bond donors (Lipinski definition) is 2. The second-order valence-corrected chi connectivity index (χ2v) is 3.27. The topological polar surface area (TPSA) is 38.0 Å². The highest BCUT2D eigenvalue weighted by atomic mass is 19.4. The Labute approximate surface area is 92.4 Å². The lowest BCUT2D eigenvalue weighted by atomic mass is 10.1. The van der Waals surface area contributed by atoms with Crippen LogP contribution in [-0.2, 0) is 6.18 Å². The minimum Gasteiger partial charge on any atom is -0.397 e. The van der Waals surface area contributed by atoms with Crippen molar-refractivity contribution < 1.29 is 26.3 Å². The molecular formula is C9H8F6N2. The van der Waals surface area contributed by atoms with Crippen molar-refractivity contribution in [2.24, 2.45) is 0 Å². The molecule has 0 radical (unpaired) electrons. The van der Waals surface area contributed by atoms with E-state index in [4.69, 9.17) is 5.73 Å². The van der Waals surface area contributed by atoms with Gasteiger partial charge in [0, 0.05) is 0 Å². The van der Waals surface area contributed by atoms with Gasteiger partial charge in [0.1, 0.15) is 6.54 Å². The molecule has 0 aliphatic carbocycles. The average Bonchev–Trinajstić information content (AvgIpc) is 2.12. The van der Waals surface area contributed by atoms with Crippen LogP contribution in [0, 0.1) is 0 Å². The van der Waals surface area contributed by atoms with Crippen molar-refractivity contribution in [3.05, 3.63) is 23.8 Å². The third kappa shape index (κ3) is 4.04. The highest BCUT2D eigenvalue weighted by Gasteiger charge is 2.31. The Kier molecular flexibility index (Phi) is 3.44. The smallest absolute Gasteiger partial charge is 0.397 e. The standard InChI is InChI=1S/C9H8F6N2/c10-8(11,12)4-17-7-2-1-5(3-6(7)16)9(13,14)15/h1-3,17H,4,16H2. The largest absolute Gasteiger partial charge is 0.416 e. The van der Waals surface area contributed by atoms with E-state index >= 15 is 0 Å². The molecule has 0 amide bonds. The molecule has 0 aliphatic rings. The van der Waals surface area contributed by atoms with Crippen LogP contribution in [0.5, 0.6) is 0 Å². The van der Waals surface area contributed by atoms with Gasteiger partial charge in [-0.05, 0) is 18.2 Å². The maximum atomic E-state index is 12.2. The number of nitrogens with two attached hydrogens (primary N) is 1. The molecule has 1 aromatic carbocycles. The fourth-order valence-electron chi connectivity index (χ4n) is 1.10. The molecule has 1 rings (SSSR count). The average molecular weight is 258 g/mol. The molecule has 8 heteroatoms. The molecule has 17 heavy (non-hydrogen) atoms. The first-order valence-electron chi connectivity index (χ1n) is 4.37. The molecule has 0 aliphatic heterocycles. The van der Waals surface area contributed by atoms with Gasteiger partial charge >= 0.3 is 12.4 Å². The molecule has 2 nitrogen and oxygen atoms in total. The molecule has 0 unspecified atom stereocenters. The fourth-order valence-corrected chi connectivity index (χ4v) is 1.10. The van der Waals surface area contributed by atoms with Crippen LogP contribution < -0.4 is 11.1 Å².